The Morgan fingerprint density at radius 2 is 2.29 bits per heavy atom. The van der Waals surface area contributed by atoms with E-state index in [0.717, 1.165) is 16.8 Å². The van der Waals surface area contributed by atoms with Crippen LogP contribution in [0.2, 0.25) is 0 Å². The number of nitrogens with zero attached hydrogens (tertiary/aromatic N) is 2. The lowest BCUT2D eigenvalue weighted by atomic mass is 10.1. The fourth-order valence-corrected chi connectivity index (χ4v) is 1.48. The molecule has 1 aromatic heterocycles. The van der Waals surface area contributed by atoms with Crippen molar-refractivity contribution in [2.45, 2.75) is 13.5 Å². The number of aryl methyl sites for hydroxylation is 1. The molecule has 0 bridgehead atoms. The molecule has 0 aliphatic carbocycles. The van der Waals surface area contributed by atoms with E-state index < -0.39 is 0 Å². The van der Waals surface area contributed by atoms with Crippen LogP contribution in [0, 0.1) is 6.92 Å². The molecule has 0 aliphatic heterocycles. The first kappa shape index (κ1) is 8.97. The minimum Gasteiger partial charge on any atom is -0.392 e. The summed E-state index contributed by atoms with van der Waals surface area (Å²) in [6, 6.07) is 7.73. The summed E-state index contributed by atoms with van der Waals surface area (Å²) in [7, 11) is 0. The Labute approximate surface area is 82.6 Å². The van der Waals surface area contributed by atoms with Gasteiger partial charge in [-0.15, -0.1) is 0 Å². The van der Waals surface area contributed by atoms with Crippen molar-refractivity contribution in [3.8, 4) is 5.69 Å². The van der Waals surface area contributed by atoms with Crippen LogP contribution in [0.15, 0.2) is 36.7 Å². The van der Waals surface area contributed by atoms with Crippen molar-refractivity contribution in [2.24, 2.45) is 0 Å². The lowest BCUT2D eigenvalue weighted by Gasteiger charge is -2.06. The zero-order valence-corrected chi connectivity index (χ0v) is 8.01. The van der Waals surface area contributed by atoms with E-state index in [1.807, 2.05) is 42.1 Å². The molecule has 0 spiro atoms. The molecule has 0 unspecified atom stereocenters. The van der Waals surface area contributed by atoms with Crippen molar-refractivity contribution in [1.29, 1.82) is 0 Å². The summed E-state index contributed by atoms with van der Waals surface area (Å²) in [5.41, 5.74) is 3.09. The highest BCUT2D eigenvalue weighted by molar-refractivity contribution is 5.41. The van der Waals surface area contributed by atoms with Crippen LogP contribution in [0.25, 0.3) is 5.69 Å². The minimum absolute atomic E-state index is 0.0836. The molecule has 0 fully saturated rings. The maximum Gasteiger partial charge on any atom is 0.0681 e. The molecule has 0 saturated carbocycles. The molecule has 2 rings (SSSR count). The molecule has 0 atom stereocenters. The zero-order chi connectivity index (χ0) is 9.97. The Bertz CT molecular complexity index is 421. The first-order valence-corrected chi connectivity index (χ1v) is 4.51. The molecule has 0 radical (unpaired) electrons. The summed E-state index contributed by atoms with van der Waals surface area (Å²) < 4.78 is 1.82. The predicted molar refractivity (Wildman–Crippen MR) is 54.2 cm³/mol. The molecule has 0 saturated heterocycles. The molecule has 1 heterocycles. The number of benzene rings is 1. The van der Waals surface area contributed by atoms with Crippen molar-refractivity contribution in [2.75, 3.05) is 0 Å². The fraction of sp³-hybridized carbons (Fsp3) is 0.182. The van der Waals surface area contributed by atoms with Crippen molar-refractivity contribution >= 4 is 0 Å². The van der Waals surface area contributed by atoms with Crippen LogP contribution in [0.1, 0.15) is 11.1 Å². The van der Waals surface area contributed by atoms with Crippen LogP contribution < -0.4 is 0 Å². The van der Waals surface area contributed by atoms with E-state index in [1.165, 1.54) is 0 Å². The molecule has 14 heavy (non-hydrogen) atoms. The van der Waals surface area contributed by atoms with Crippen LogP contribution in [0.3, 0.4) is 0 Å². The van der Waals surface area contributed by atoms with Gasteiger partial charge >= 0.3 is 0 Å². The minimum atomic E-state index is 0.0836. The monoisotopic (exact) mass is 188 g/mol. The van der Waals surface area contributed by atoms with E-state index in [2.05, 4.69) is 5.10 Å². The number of hydrogen-bond donors (Lipinski definition) is 1. The van der Waals surface area contributed by atoms with Gasteiger partial charge in [0.1, 0.15) is 0 Å². The van der Waals surface area contributed by atoms with Gasteiger partial charge in [-0.2, -0.15) is 5.10 Å². The Morgan fingerprint density at radius 1 is 1.43 bits per heavy atom. The molecule has 0 aliphatic rings. The van der Waals surface area contributed by atoms with Gasteiger partial charge in [0.2, 0.25) is 0 Å². The number of aliphatic hydroxyl groups is 1. The molecule has 0 amide bonds. The van der Waals surface area contributed by atoms with Crippen LogP contribution >= 0.6 is 0 Å². The third-order valence-electron chi connectivity index (χ3n) is 2.20. The standard InChI is InChI=1S/C11H12N2O/c1-9-7-10(8-14)3-4-11(9)13-6-2-5-12-13/h2-7,14H,8H2,1H3. The average molecular weight is 188 g/mol. The number of aromatic nitrogens is 2. The van der Waals surface area contributed by atoms with E-state index in [9.17, 15) is 0 Å². The number of hydrogen-bond acceptors (Lipinski definition) is 2. The zero-order valence-electron chi connectivity index (χ0n) is 8.01. The third kappa shape index (κ3) is 1.54. The fourth-order valence-electron chi connectivity index (χ4n) is 1.48. The maximum atomic E-state index is 8.96. The molecule has 72 valence electrons. The van der Waals surface area contributed by atoms with Crippen LogP contribution in [-0.2, 0) is 6.61 Å². The summed E-state index contributed by atoms with van der Waals surface area (Å²) >= 11 is 0. The summed E-state index contributed by atoms with van der Waals surface area (Å²) in [5.74, 6) is 0. The Balaban J connectivity index is 2.46. The van der Waals surface area contributed by atoms with E-state index in [0.29, 0.717) is 0 Å². The van der Waals surface area contributed by atoms with Crippen LogP contribution in [-0.4, -0.2) is 14.9 Å². The highest BCUT2D eigenvalue weighted by Gasteiger charge is 2.01. The molecule has 3 heteroatoms. The van der Waals surface area contributed by atoms with Gasteiger partial charge in [-0.3, -0.25) is 0 Å². The average Bonchev–Trinajstić information content (AvgIpc) is 2.70. The molecule has 2 aromatic rings. The van der Waals surface area contributed by atoms with Gasteiger partial charge in [-0.1, -0.05) is 12.1 Å². The second kappa shape index (κ2) is 3.64. The topological polar surface area (TPSA) is 38.0 Å². The van der Waals surface area contributed by atoms with E-state index in [-0.39, 0.29) is 6.61 Å². The Hall–Kier alpha value is -1.61. The first-order chi connectivity index (χ1) is 6.81. The molecular formula is C11H12N2O. The smallest absolute Gasteiger partial charge is 0.0681 e. The molecule has 1 aromatic carbocycles. The summed E-state index contributed by atoms with van der Waals surface area (Å²) in [5, 5.41) is 13.1. The SMILES string of the molecule is Cc1cc(CO)ccc1-n1cccn1. The highest BCUT2D eigenvalue weighted by atomic mass is 16.3. The number of aliphatic hydroxyl groups excluding tert-OH is 1. The summed E-state index contributed by atoms with van der Waals surface area (Å²) in [6.45, 7) is 2.09. The lowest BCUT2D eigenvalue weighted by Crippen LogP contribution is -1.98. The highest BCUT2D eigenvalue weighted by Crippen LogP contribution is 2.14. The van der Waals surface area contributed by atoms with E-state index in [4.69, 9.17) is 5.11 Å². The van der Waals surface area contributed by atoms with Gasteiger partial charge in [0.15, 0.2) is 0 Å². The van der Waals surface area contributed by atoms with Crippen LogP contribution in [0.5, 0.6) is 0 Å². The lowest BCUT2D eigenvalue weighted by molar-refractivity contribution is 0.282. The second-order valence-electron chi connectivity index (χ2n) is 3.23. The van der Waals surface area contributed by atoms with Crippen LogP contribution in [0.4, 0.5) is 0 Å². The van der Waals surface area contributed by atoms with Crippen molar-refractivity contribution in [3.05, 3.63) is 47.8 Å². The van der Waals surface area contributed by atoms with Gasteiger partial charge in [-0.05, 0) is 30.2 Å². The Morgan fingerprint density at radius 3 is 2.86 bits per heavy atom. The summed E-state index contributed by atoms with van der Waals surface area (Å²) in [4.78, 5) is 0. The van der Waals surface area contributed by atoms with Crippen molar-refractivity contribution in [1.82, 2.24) is 9.78 Å². The first-order valence-electron chi connectivity index (χ1n) is 4.51. The number of rotatable bonds is 2. The van der Waals surface area contributed by atoms with E-state index >= 15 is 0 Å². The molecule has 3 nitrogen and oxygen atoms in total. The predicted octanol–water partition coefficient (Wildman–Crippen LogP) is 1.67. The van der Waals surface area contributed by atoms with E-state index in [1.54, 1.807) is 6.20 Å². The summed E-state index contributed by atoms with van der Waals surface area (Å²) in [6.07, 6.45) is 3.65. The Kier molecular flexibility index (Phi) is 2.33. The van der Waals surface area contributed by atoms with Gasteiger partial charge < -0.3 is 5.11 Å². The quantitative estimate of drug-likeness (QED) is 0.778. The maximum absolute atomic E-state index is 8.96. The molecular weight excluding hydrogens is 176 g/mol. The van der Waals surface area contributed by atoms with Gasteiger partial charge in [0.25, 0.3) is 0 Å². The van der Waals surface area contributed by atoms with Gasteiger partial charge in [-0.25, -0.2) is 4.68 Å². The third-order valence-corrected chi connectivity index (χ3v) is 2.20. The van der Waals surface area contributed by atoms with Gasteiger partial charge in [0, 0.05) is 12.4 Å². The normalized spacial score (nSPS) is 10.4. The second-order valence-corrected chi connectivity index (χ2v) is 3.23. The largest absolute Gasteiger partial charge is 0.392 e. The van der Waals surface area contributed by atoms with Gasteiger partial charge in [0.05, 0.1) is 12.3 Å². The van der Waals surface area contributed by atoms with Crippen molar-refractivity contribution < 1.29 is 5.11 Å². The molecule has 1 N–H and O–H groups in total. The van der Waals surface area contributed by atoms with Crippen molar-refractivity contribution in [3.63, 3.8) is 0 Å².